The first-order chi connectivity index (χ1) is 9.72. The first kappa shape index (κ1) is 12.8. The molecule has 1 heterocycles. The van der Waals surface area contributed by atoms with Crippen molar-refractivity contribution in [2.75, 3.05) is 0 Å². The number of carbonyl (C=O) groups excluding carboxylic acids is 1. The maximum Gasteiger partial charge on any atom is 0.253 e. The minimum atomic E-state index is 0.0390. The van der Waals surface area contributed by atoms with E-state index >= 15 is 0 Å². The quantitative estimate of drug-likeness (QED) is 0.842. The van der Waals surface area contributed by atoms with Crippen molar-refractivity contribution in [3.05, 3.63) is 28.5 Å². The van der Waals surface area contributed by atoms with Crippen molar-refractivity contribution in [2.24, 2.45) is 23.7 Å². The number of amides is 1. The van der Waals surface area contributed by atoms with Gasteiger partial charge < -0.3 is 5.32 Å². The van der Waals surface area contributed by atoms with Crippen molar-refractivity contribution in [3.63, 3.8) is 0 Å². The molecule has 5 atom stereocenters. The van der Waals surface area contributed by atoms with Crippen LogP contribution in [0, 0.1) is 23.7 Å². The zero-order valence-electron chi connectivity index (χ0n) is 11.4. The van der Waals surface area contributed by atoms with Crippen LogP contribution < -0.4 is 5.32 Å². The molecule has 4 heteroatoms. The Morgan fingerprint density at radius 3 is 2.85 bits per heavy atom. The van der Waals surface area contributed by atoms with Gasteiger partial charge in [-0.05, 0) is 77.4 Å². The van der Waals surface area contributed by atoms with Crippen LogP contribution in [0.25, 0.3) is 0 Å². The van der Waals surface area contributed by atoms with Crippen LogP contribution in [-0.2, 0) is 0 Å². The molecule has 1 amide bonds. The van der Waals surface area contributed by atoms with E-state index in [1.165, 1.54) is 32.1 Å². The maximum atomic E-state index is 12.3. The van der Waals surface area contributed by atoms with E-state index in [9.17, 15) is 4.79 Å². The van der Waals surface area contributed by atoms with Gasteiger partial charge in [-0.1, -0.05) is 6.42 Å². The smallest absolute Gasteiger partial charge is 0.253 e. The first-order valence-electron chi connectivity index (χ1n) is 7.65. The molecule has 3 saturated carbocycles. The molecule has 3 nitrogen and oxygen atoms in total. The highest BCUT2D eigenvalue weighted by Gasteiger charge is 2.54. The molecule has 0 spiro atoms. The van der Waals surface area contributed by atoms with Gasteiger partial charge >= 0.3 is 0 Å². The van der Waals surface area contributed by atoms with Crippen molar-refractivity contribution >= 4 is 21.8 Å². The Kier molecular flexibility index (Phi) is 3.09. The summed E-state index contributed by atoms with van der Waals surface area (Å²) in [6.07, 6.45) is 8.41. The Bertz CT molecular complexity index is 530. The number of carbonyl (C=O) groups is 1. The van der Waals surface area contributed by atoms with E-state index in [2.05, 4.69) is 26.2 Å². The SMILES string of the molecule is O=C(NC1CC2CC1C1CCCC21)c1ccc(Br)nc1. The van der Waals surface area contributed by atoms with Gasteiger partial charge in [0.05, 0.1) is 5.56 Å². The van der Waals surface area contributed by atoms with E-state index in [0.29, 0.717) is 11.6 Å². The number of rotatable bonds is 2. The van der Waals surface area contributed by atoms with Crippen molar-refractivity contribution in [1.29, 1.82) is 0 Å². The van der Waals surface area contributed by atoms with Crippen molar-refractivity contribution in [3.8, 4) is 0 Å². The lowest BCUT2D eigenvalue weighted by Crippen LogP contribution is -2.42. The number of nitrogens with zero attached hydrogens (tertiary/aromatic N) is 1. The second kappa shape index (κ2) is 4.83. The lowest BCUT2D eigenvalue weighted by Gasteiger charge is -2.32. The van der Waals surface area contributed by atoms with Gasteiger partial charge in [-0.3, -0.25) is 4.79 Å². The van der Waals surface area contributed by atoms with Crippen molar-refractivity contribution < 1.29 is 4.79 Å². The summed E-state index contributed by atoms with van der Waals surface area (Å²) in [5.74, 6) is 3.52. The van der Waals surface area contributed by atoms with Crippen LogP contribution in [0.4, 0.5) is 0 Å². The Morgan fingerprint density at radius 1 is 1.20 bits per heavy atom. The molecule has 3 aliphatic rings. The maximum absolute atomic E-state index is 12.3. The highest BCUT2D eigenvalue weighted by atomic mass is 79.9. The molecule has 1 aromatic heterocycles. The fourth-order valence-corrected chi connectivity index (χ4v) is 5.23. The standard InChI is InChI=1S/C16H19BrN2O/c17-15-5-4-9(8-18-15)16(20)19-14-7-10-6-13(14)12-3-1-2-11(10)12/h4-5,8,10-14H,1-3,6-7H2,(H,19,20). The molecule has 0 aliphatic heterocycles. The van der Waals surface area contributed by atoms with Gasteiger partial charge in [0.1, 0.15) is 4.60 Å². The topological polar surface area (TPSA) is 42.0 Å². The zero-order valence-corrected chi connectivity index (χ0v) is 13.0. The van der Waals surface area contributed by atoms with Gasteiger partial charge in [0.2, 0.25) is 0 Å². The Labute approximate surface area is 127 Å². The summed E-state index contributed by atoms with van der Waals surface area (Å²) >= 11 is 3.30. The highest BCUT2D eigenvalue weighted by Crippen LogP contribution is 2.58. The summed E-state index contributed by atoms with van der Waals surface area (Å²) in [5.41, 5.74) is 0.666. The van der Waals surface area contributed by atoms with E-state index in [0.717, 1.165) is 28.3 Å². The molecule has 20 heavy (non-hydrogen) atoms. The van der Waals surface area contributed by atoms with Crippen LogP contribution >= 0.6 is 15.9 Å². The predicted molar refractivity (Wildman–Crippen MR) is 80.2 cm³/mol. The molecular formula is C16H19BrN2O. The molecule has 3 fully saturated rings. The third kappa shape index (κ3) is 2.00. The minimum Gasteiger partial charge on any atom is -0.349 e. The first-order valence-corrected chi connectivity index (χ1v) is 8.44. The van der Waals surface area contributed by atoms with Gasteiger partial charge in [0, 0.05) is 12.2 Å². The summed E-state index contributed by atoms with van der Waals surface area (Å²) < 4.78 is 0.766. The Morgan fingerprint density at radius 2 is 2.05 bits per heavy atom. The number of nitrogens with one attached hydrogen (secondary N) is 1. The van der Waals surface area contributed by atoms with Crippen LogP contribution in [-0.4, -0.2) is 16.9 Å². The summed E-state index contributed by atoms with van der Waals surface area (Å²) in [7, 11) is 0. The van der Waals surface area contributed by atoms with E-state index in [-0.39, 0.29) is 5.91 Å². The lowest BCUT2D eigenvalue weighted by atomic mass is 9.79. The number of hydrogen-bond donors (Lipinski definition) is 1. The normalized spacial score (nSPS) is 38.0. The third-order valence-electron chi connectivity index (χ3n) is 5.73. The average molecular weight is 335 g/mol. The summed E-state index contributed by atoms with van der Waals surface area (Å²) in [6.45, 7) is 0. The van der Waals surface area contributed by atoms with Crippen LogP contribution in [0.1, 0.15) is 42.5 Å². The largest absolute Gasteiger partial charge is 0.349 e. The monoisotopic (exact) mass is 334 g/mol. The third-order valence-corrected chi connectivity index (χ3v) is 6.20. The summed E-state index contributed by atoms with van der Waals surface area (Å²) in [4.78, 5) is 16.4. The van der Waals surface area contributed by atoms with Gasteiger partial charge in [0.15, 0.2) is 0 Å². The van der Waals surface area contributed by atoms with Gasteiger partial charge in [0.25, 0.3) is 5.91 Å². The molecule has 0 aromatic carbocycles. The molecule has 4 rings (SSSR count). The van der Waals surface area contributed by atoms with Crippen molar-refractivity contribution in [2.45, 2.75) is 38.1 Å². The minimum absolute atomic E-state index is 0.0390. The summed E-state index contributed by atoms with van der Waals surface area (Å²) in [5, 5.41) is 3.26. The zero-order chi connectivity index (χ0) is 13.7. The van der Waals surface area contributed by atoms with Gasteiger partial charge in [-0.2, -0.15) is 0 Å². The van der Waals surface area contributed by atoms with E-state index in [4.69, 9.17) is 0 Å². The fourth-order valence-electron chi connectivity index (χ4n) is 5.00. The predicted octanol–water partition coefficient (Wildman–Crippen LogP) is 3.40. The summed E-state index contributed by atoms with van der Waals surface area (Å²) in [6, 6.07) is 4.05. The van der Waals surface area contributed by atoms with E-state index in [1.807, 2.05) is 12.1 Å². The van der Waals surface area contributed by atoms with Gasteiger partial charge in [-0.25, -0.2) is 4.98 Å². The second-order valence-corrected chi connectivity index (χ2v) is 7.42. The second-order valence-electron chi connectivity index (χ2n) is 6.60. The molecule has 3 aliphatic carbocycles. The van der Waals surface area contributed by atoms with Crippen LogP contribution in [0.2, 0.25) is 0 Å². The number of fused-ring (bicyclic) bond motifs is 5. The molecule has 106 valence electrons. The molecule has 5 unspecified atom stereocenters. The number of pyridine rings is 1. The number of aromatic nitrogens is 1. The molecular weight excluding hydrogens is 316 g/mol. The molecule has 0 radical (unpaired) electrons. The van der Waals surface area contributed by atoms with E-state index < -0.39 is 0 Å². The molecule has 1 N–H and O–H groups in total. The molecule has 2 bridgehead atoms. The average Bonchev–Trinajstić information content (AvgIpc) is 3.11. The Balaban J connectivity index is 1.45. The number of hydrogen-bond acceptors (Lipinski definition) is 2. The van der Waals surface area contributed by atoms with Crippen molar-refractivity contribution in [1.82, 2.24) is 10.3 Å². The highest BCUT2D eigenvalue weighted by molar-refractivity contribution is 9.10. The Hall–Kier alpha value is -0.900. The fraction of sp³-hybridized carbons (Fsp3) is 0.625. The number of halogens is 1. The molecule has 0 saturated heterocycles. The lowest BCUT2D eigenvalue weighted by molar-refractivity contribution is 0.0900. The van der Waals surface area contributed by atoms with Gasteiger partial charge in [-0.15, -0.1) is 0 Å². The molecule has 1 aromatic rings. The van der Waals surface area contributed by atoms with Crippen LogP contribution in [0.3, 0.4) is 0 Å². The van der Waals surface area contributed by atoms with Crippen LogP contribution in [0.15, 0.2) is 22.9 Å². The van der Waals surface area contributed by atoms with E-state index in [1.54, 1.807) is 6.20 Å². The van der Waals surface area contributed by atoms with Crippen LogP contribution in [0.5, 0.6) is 0 Å².